The summed E-state index contributed by atoms with van der Waals surface area (Å²) in [6, 6.07) is 0. The Hall–Kier alpha value is -0.340. The van der Waals surface area contributed by atoms with Crippen molar-refractivity contribution in [3.8, 4) is 0 Å². The van der Waals surface area contributed by atoms with Crippen LogP contribution in [0.4, 0.5) is 0 Å². The molecule has 1 heterocycles. The lowest BCUT2D eigenvalue weighted by Crippen LogP contribution is -2.46. The van der Waals surface area contributed by atoms with Crippen molar-refractivity contribution in [3.05, 3.63) is 11.6 Å². The third-order valence-corrected chi connectivity index (χ3v) is 4.20. The van der Waals surface area contributed by atoms with Crippen LogP contribution in [0, 0.1) is 5.92 Å². The summed E-state index contributed by atoms with van der Waals surface area (Å²) in [7, 11) is 0. The molecule has 0 aromatic carbocycles. The lowest BCUT2D eigenvalue weighted by Gasteiger charge is -2.41. The van der Waals surface area contributed by atoms with Crippen LogP contribution in [0.25, 0.3) is 0 Å². The molecular weight excluding hydrogens is 210 g/mol. The number of rotatable bonds is 3. The molecule has 2 heteroatoms. The molecule has 0 aromatic rings. The molecule has 0 radical (unpaired) electrons. The highest BCUT2D eigenvalue weighted by atomic mass is 16.3. The highest BCUT2D eigenvalue weighted by molar-refractivity contribution is 5.19. The Kier molecular flexibility index (Phi) is 4.26. The highest BCUT2D eigenvalue weighted by Gasteiger charge is 2.35. The SMILES string of the molecule is CC(C)CN1CCC(O)(C2=CCCCC2)CC1. The van der Waals surface area contributed by atoms with Crippen LogP contribution >= 0.6 is 0 Å². The number of aliphatic hydroxyl groups is 1. The van der Waals surface area contributed by atoms with Crippen LogP contribution in [0.2, 0.25) is 0 Å². The first-order chi connectivity index (χ1) is 8.10. The molecule has 0 unspecified atom stereocenters. The molecule has 0 bridgehead atoms. The van der Waals surface area contributed by atoms with E-state index in [0.717, 1.165) is 38.3 Å². The zero-order valence-corrected chi connectivity index (χ0v) is 11.4. The number of hydrogen-bond acceptors (Lipinski definition) is 2. The zero-order valence-electron chi connectivity index (χ0n) is 11.4. The summed E-state index contributed by atoms with van der Waals surface area (Å²) in [6.45, 7) is 7.84. The predicted octanol–water partition coefficient (Wildman–Crippen LogP) is 2.97. The number of nitrogens with zero attached hydrogens (tertiary/aromatic N) is 1. The first-order valence-electron chi connectivity index (χ1n) is 7.24. The molecule has 1 N–H and O–H groups in total. The molecule has 2 nitrogen and oxygen atoms in total. The van der Waals surface area contributed by atoms with Gasteiger partial charge in [0.15, 0.2) is 0 Å². The summed E-state index contributed by atoms with van der Waals surface area (Å²) < 4.78 is 0. The van der Waals surface area contributed by atoms with E-state index in [4.69, 9.17) is 0 Å². The van der Waals surface area contributed by atoms with Crippen molar-refractivity contribution in [1.82, 2.24) is 4.90 Å². The second-order valence-corrected chi connectivity index (χ2v) is 6.20. The fraction of sp³-hybridized carbons (Fsp3) is 0.867. The minimum atomic E-state index is -0.464. The van der Waals surface area contributed by atoms with Crippen molar-refractivity contribution in [3.63, 3.8) is 0 Å². The third kappa shape index (κ3) is 3.32. The number of allylic oxidation sites excluding steroid dienone is 1. The van der Waals surface area contributed by atoms with Gasteiger partial charge in [0, 0.05) is 19.6 Å². The van der Waals surface area contributed by atoms with Crippen molar-refractivity contribution < 1.29 is 5.11 Å². The first-order valence-corrected chi connectivity index (χ1v) is 7.24. The van der Waals surface area contributed by atoms with Gasteiger partial charge in [-0.25, -0.2) is 0 Å². The van der Waals surface area contributed by atoms with Crippen molar-refractivity contribution in [2.45, 2.75) is 58.0 Å². The number of piperidine rings is 1. The van der Waals surface area contributed by atoms with Gasteiger partial charge in [-0.05, 0) is 50.0 Å². The van der Waals surface area contributed by atoms with E-state index in [1.54, 1.807) is 0 Å². The fourth-order valence-electron chi connectivity index (χ4n) is 3.20. The van der Waals surface area contributed by atoms with E-state index < -0.39 is 5.60 Å². The van der Waals surface area contributed by atoms with Gasteiger partial charge in [-0.1, -0.05) is 19.9 Å². The summed E-state index contributed by atoms with van der Waals surface area (Å²) in [4.78, 5) is 2.50. The Balaban J connectivity index is 1.90. The summed E-state index contributed by atoms with van der Waals surface area (Å²) in [5.74, 6) is 0.732. The molecule has 2 aliphatic rings. The van der Waals surface area contributed by atoms with E-state index in [-0.39, 0.29) is 0 Å². The van der Waals surface area contributed by atoms with E-state index in [1.165, 1.54) is 31.4 Å². The van der Waals surface area contributed by atoms with E-state index in [1.807, 2.05) is 0 Å². The Morgan fingerprint density at radius 3 is 2.53 bits per heavy atom. The van der Waals surface area contributed by atoms with Gasteiger partial charge in [0.2, 0.25) is 0 Å². The topological polar surface area (TPSA) is 23.5 Å². The maximum atomic E-state index is 10.8. The van der Waals surface area contributed by atoms with Crippen molar-refractivity contribution in [2.75, 3.05) is 19.6 Å². The molecule has 1 fully saturated rings. The molecule has 0 amide bonds. The Labute approximate surface area is 106 Å². The molecule has 0 saturated carbocycles. The van der Waals surface area contributed by atoms with Crippen LogP contribution < -0.4 is 0 Å². The summed E-state index contributed by atoms with van der Waals surface area (Å²) in [5, 5.41) is 10.8. The predicted molar refractivity (Wildman–Crippen MR) is 72.0 cm³/mol. The standard InChI is InChI=1S/C15H27NO/c1-13(2)12-16-10-8-15(17,9-11-16)14-6-4-3-5-7-14/h6,13,17H,3-5,7-12H2,1-2H3. The van der Waals surface area contributed by atoms with Crippen LogP contribution in [-0.2, 0) is 0 Å². The second kappa shape index (κ2) is 5.53. The summed E-state index contributed by atoms with van der Waals surface area (Å²) >= 11 is 0. The van der Waals surface area contributed by atoms with Gasteiger partial charge in [-0.15, -0.1) is 0 Å². The van der Waals surface area contributed by atoms with Gasteiger partial charge in [0.05, 0.1) is 5.60 Å². The van der Waals surface area contributed by atoms with Crippen molar-refractivity contribution >= 4 is 0 Å². The van der Waals surface area contributed by atoms with Gasteiger partial charge < -0.3 is 10.0 Å². The number of likely N-dealkylation sites (tertiary alicyclic amines) is 1. The largest absolute Gasteiger partial charge is 0.385 e. The lowest BCUT2D eigenvalue weighted by molar-refractivity contribution is 0.00307. The minimum absolute atomic E-state index is 0.464. The minimum Gasteiger partial charge on any atom is -0.385 e. The highest BCUT2D eigenvalue weighted by Crippen LogP contribution is 2.35. The Bertz CT molecular complexity index is 275. The maximum absolute atomic E-state index is 10.8. The van der Waals surface area contributed by atoms with E-state index in [0.29, 0.717) is 0 Å². The Morgan fingerprint density at radius 1 is 1.29 bits per heavy atom. The lowest BCUT2D eigenvalue weighted by atomic mass is 9.79. The van der Waals surface area contributed by atoms with Crippen molar-refractivity contribution in [2.24, 2.45) is 5.92 Å². The molecular formula is C15H27NO. The smallest absolute Gasteiger partial charge is 0.0881 e. The normalized spacial score (nSPS) is 26.0. The van der Waals surface area contributed by atoms with Crippen LogP contribution in [0.1, 0.15) is 52.4 Å². The molecule has 1 aliphatic heterocycles. The monoisotopic (exact) mass is 237 g/mol. The van der Waals surface area contributed by atoms with Crippen molar-refractivity contribution in [1.29, 1.82) is 0 Å². The van der Waals surface area contributed by atoms with Gasteiger partial charge in [-0.2, -0.15) is 0 Å². The van der Waals surface area contributed by atoms with E-state index >= 15 is 0 Å². The fourth-order valence-corrected chi connectivity index (χ4v) is 3.20. The quantitative estimate of drug-likeness (QED) is 0.763. The molecule has 0 atom stereocenters. The average molecular weight is 237 g/mol. The maximum Gasteiger partial charge on any atom is 0.0881 e. The molecule has 0 aromatic heterocycles. The summed E-state index contributed by atoms with van der Waals surface area (Å²) in [5.41, 5.74) is 0.876. The van der Waals surface area contributed by atoms with Crippen LogP contribution in [0.5, 0.6) is 0 Å². The molecule has 1 saturated heterocycles. The third-order valence-electron chi connectivity index (χ3n) is 4.20. The van der Waals surface area contributed by atoms with Gasteiger partial charge >= 0.3 is 0 Å². The van der Waals surface area contributed by atoms with Crippen LogP contribution in [0.15, 0.2) is 11.6 Å². The van der Waals surface area contributed by atoms with Gasteiger partial charge in [0.25, 0.3) is 0 Å². The van der Waals surface area contributed by atoms with E-state index in [2.05, 4.69) is 24.8 Å². The zero-order chi connectivity index (χ0) is 12.3. The average Bonchev–Trinajstić information content (AvgIpc) is 2.33. The summed E-state index contributed by atoms with van der Waals surface area (Å²) in [6.07, 6.45) is 9.05. The molecule has 98 valence electrons. The molecule has 1 aliphatic carbocycles. The molecule has 2 rings (SSSR count). The first kappa shape index (κ1) is 13.1. The van der Waals surface area contributed by atoms with Gasteiger partial charge in [-0.3, -0.25) is 0 Å². The molecule has 0 spiro atoms. The molecule has 17 heavy (non-hydrogen) atoms. The van der Waals surface area contributed by atoms with E-state index in [9.17, 15) is 5.11 Å². The van der Waals surface area contributed by atoms with Gasteiger partial charge in [0.1, 0.15) is 0 Å². The number of hydrogen-bond donors (Lipinski definition) is 1. The Morgan fingerprint density at radius 2 is 2.00 bits per heavy atom. The van der Waals surface area contributed by atoms with Crippen LogP contribution in [-0.4, -0.2) is 35.2 Å². The second-order valence-electron chi connectivity index (χ2n) is 6.20. The van der Waals surface area contributed by atoms with Crippen LogP contribution in [0.3, 0.4) is 0 Å².